The molecule has 0 aliphatic carbocycles. The molecule has 0 bridgehead atoms. The van der Waals surface area contributed by atoms with Gasteiger partial charge in [-0.05, 0) is 25.1 Å². The van der Waals surface area contributed by atoms with Gasteiger partial charge in [-0.3, -0.25) is 0 Å². The Morgan fingerprint density at radius 2 is 2.21 bits per heavy atom. The van der Waals surface area contributed by atoms with Crippen molar-refractivity contribution in [2.24, 2.45) is 0 Å². The van der Waals surface area contributed by atoms with Crippen molar-refractivity contribution in [3.63, 3.8) is 0 Å². The smallest absolute Gasteiger partial charge is 0.121 e. The first-order valence-corrected chi connectivity index (χ1v) is 6.70. The van der Waals surface area contributed by atoms with Crippen molar-refractivity contribution >= 4 is 5.69 Å². The Morgan fingerprint density at radius 1 is 1.42 bits per heavy atom. The van der Waals surface area contributed by atoms with Crippen molar-refractivity contribution < 1.29 is 4.74 Å². The zero-order valence-corrected chi connectivity index (χ0v) is 12.0. The maximum Gasteiger partial charge on any atom is 0.121 e. The molecular weight excluding hydrogens is 238 g/mol. The highest BCUT2D eigenvalue weighted by Crippen LogP contribution is 2.19. The molecule has 0 heterocycles. The van der Waals surface area contributed by atoms with E-state index >= 15 is 0 Å². The predicted octanol–water partition coefficient (Wildman–Crippen LogP) is 2.41. The summed E-state index contributed by atoms with van der Waals surface area (Å²) in [6, 6.07) is 10.1. The number of benzene rings is 1. The number of rotatable bonds is 8. The lowest BCUT2D eigenvalue weighted by atomic mass is 10.2. The first-order valence-electron chi connectivity index (χ1n) is 6.70. The molecular formula is C15H23N3O. The maximum absolute atomic E-state index is 8.99. The monoisotopic (exact) mass is 261 g/mol. The molecule has 0 aliphatic heterocycles. The highest BCUT2D eigenvalue weighted by molar-refractivity contribution is 5.49. The Labute approximate surface area is 116 Å². The molecule has 0 spiro atoms. The highest BCUT2D eigenvalue weighted by atomic mass is 16.5. The van der Waals surface area contributed by atoms with Crippen molar-refractivity contribution in [2.45, 2.75) is 25.8 Å². The van der Waals surface area contributed by atoms with Gasteiger partial charge < -0.3 is 15.0 Å². The molecule has 1 aromatic rings. The highest BCUT2D eigenvalue weighted by Gasteiger charge is 2.06. The van der Waals surface area contributed by atoms with Gasteiger partial charge in [0.05, 0.1) is 18.7 Å². The molecule has 0 aliphatic rings. The molecule has 104 valence electrons. The fourth-order valence-electron chi connectivity index (χ4n) is 1.68. The lowest BCUT2D eigenvalue weighted by Gasteiger charge is -2.15. The Morgan fingerprint density at radius 3 is 2.84 bits per heavy atom. The van der Waals surface area contributed by atoms with Crippen LogP contribution in [0.4, 0.5) is 5.69 Å². The summed E-state index contributed by atoms with van der Waals surface area (Å²) in [4.78, 5) is 2.04. The van der Waals surface area contributed by atoms with Crippen LogP contribution in [0.1, 0.15) is 19.8 Å². The van der Waals surface area contributed by atoms with Crippen LogP contribution in [0.25, 0.3) is 0 Å². The van der Waals surface area contributed by atoms with E-state index in [1.165, 1.54) is 0 Å². The molecule has 4 nitrogen and oxygen atoms in total. The predicted molar refractivity (Wildman–Crippen MR) is 78.6 cm³/mol. The van der Waals surface area contributed by atoms with E-state index in [0.29, 0.717) is 13.0 Å². The molecule has 0 saturated carbocycles. The fraction of sp³-hybridized carbons (Fsp3) is 0.533. The van der Waals surface area contributed by atoms with E-state index in [4.69, 9.17) is 10.00 Å². The van der Waals surface area contributed by atoms with Crippen LogP contribution in [-0.4, -0.2) is 33.3 Å². The van der Waals surface area contributed by atoms with Crippen LogP contribution in [0.3, 0.4) is 0 Å². The molecule has 1 aromatic carbocycles. The number of hydrogen-bond donors (Lipinski definition) is 1. The molecule has 0 saturated heterocycles. The van der Waals surface area contributed by atoms with Gasteiger partial charge in [0.2, 0.25) is 0 Å². The Kier molecular flexibility index (Phi) is 6.76. The van der Waals surface area contributed by atoms with E-state index in [-0.39, 0.29) is 6.04 Å². The summed E-state index contributed by atoms with van der Waals surface area (Å²) in [5.74, 6) is 0.846. The minimum absolute atomic E-state index is 0.128. The summed E-state index contributed by atoms with van der Waals surface area (Å²) < 4.78 is 5.69. The van der Waals surface area contributed by atoms with E-state index in [1.807, 2.05) is 43.3 Å². The first kappa shape index (κ1) is 15.3. The Hall–Kier alpha value is -1.73. The molecule has 0 fully saturated rings. The Balaban J connectivity index is 2.40. The average Bonchev–Trinajstić information content (AvgIpc) is 2.43. The number of nitrogens with one attached hydrogen (secondary N) is 1. The SMILES string of the molecule is CCCNC(C#N)CCOc1cccc(N(C)C)c1. The number of ether oxygens (including phenoxy) is 1. The molecule has 0 amide bonds. The topological polar surface area (TPSA) is 48.3 Å². The lowest BCUT2D eigenvalue weighted by molar-refractivity contribution is 0.298. The summed E-state index contributed by atoms with van der Waals surface area (Å²) in [5, 5.41) is 12.2. The normalized spacial score (nSPS) is 11.7. The first-order chi connectivity index (χ1) is 9.17. The van der Waals surface area contributed by atoms with Gasteiger partial charge in [0, 0.05) is 32.3 Å². The van der Waals surface area contributed by atoms with Crippen LogP contribution in [0.2, 0.25) is 0 Å². The second kappa shape index (κ2) is 8.39. The summed E-state index contributed by atoms with van der Waals surface area (Å²) in [5.41, 5.74) is 1.11. The van der Waals surface area contributed by atoms with Crippen molar-refractivity contribution in [1.29, 1.82) is 5.26 Å². The summed E-state index contributed by atoms with van der Waals surface area (Å²) >= 11 is 0. The van der Waals surface area contributed by atoms with Crippen LogP contribution in [0.15, 0.2) is 24.3 Å². The van der Waals surface area contributed by atoms with Gasteiger partial charge in [-0.2, -0.15) is 5.26 Å². The number of hydrogen-bond acceptors (Lipinski definition) is 4. The van der Waals surface area contributed by atoms with Gasteiger partial charge >= 0.3 is 0 Å². The van der Waals surface area contributed by atoms with Crippen LogP contribution in [0.5, 0.6) is 5.75 Å². The summed E-state index contributed by atoms with van der Waals surface area (Å²) in [6.45, 7) is 3.50. The molecule has 1 atom stereocenters. The summed E-state index contributed by atoms with van der Waals surface area (Å²) in [6.07, 6.45) is 1.73. The maximum atomic E-state index is 8.99. The summed E-state index contributed by atoms with van der Waals surface area (Å²) in [7, 11) is 4.00. The molecule has 0 radical (unpaired) electrons. The third kappa shape index (κ3) is 5.62. The van der Waals surface area contributed by atoms with Gasteiger partial charge in [0.1, 0.15) is 5.75 Å². The van der Waals surface area contributed by atoms with Crippen molar-refractivity contribution in [3.8, 4) is 11.8 Å². The molecule has 4 heteroatoms. The van der Waals surface area contributed by atoms with E-state index in [1.54, 1.807) is 0 Å². The lowest BCUT2D eigenvalue weighted by Crippen LogP contribution is -2.29. The molecule has 19 heavy (non-hydrogen) atoms. The molecule has 1 rings (SSSR count). The quantitative estimate of drug-likeness (QED) is 0.780. The number of anilines is 1. The molecule has 0 aromatic heterocycles. The Bertz CT molecular complexity index is 412. The molecule has 1 N–H and O–H groups in total. The fourth-order valence-corrected chi connectivity index (χ4v) is 1.68. The average molecular weight is 261 g/mol. The third-order valence-corrected chi connectivity index (χ3v) is 2.81. The largest absolute Gasteiger partial charge is 0.493 e. The van der Waals surface area contributed by atoms with Gasteiger partial charge in [-0.15, -0.1) is 0 Å². The van der Waals surface area contributed by atoms with E-state index in [9.17, 15) is 0 Å². The van der Waals surface area contributed by atoms with Gasteiger partial charge in [0.25, 0.3) is 0 Å². The molecule has 1 unspecified atom stereocenters. The second-order valence-corrected chi connectivity index (χ2v) is 4.66. The van der Waals surface area contributed by atoms with Crippen molar-refractivity contribution in [1.82, 2.24) is 5.32 Å². The van der Waals surface area contributed by atoms with E-state index in [0.717, 1.165) is 24.4 Å². The minimum atomic E-state index is -0.128. The second-order valence-electron chi connectivity index (χ2n) is 4.66. The van der Waals surface area contributed by atoms with Gasteiger partial charge in [-0.1, -0.05) is 13.0 Å². The van der Waals surface area contributed by atoms with E-state index in [2.05, 4.69) is 18.3 Å². The third-order valence-electron chi connectivity index (χ3n) is 2.81. The van der Waals surface area contributed by atoms with Gasteiger partial charge in [0.15, 0.2) is 0 Å². The van der Waals surface area contributed by atoms with Crippen LogP contribution in [-0.2, 0) is 0 Å². The zero-order chi connectivity index (χ0) is 14.1. The van der Waals surface area contributed by atoms with E-state index < -0.39 is 0 Å². The van der Waals surface area contributed by atoms with Crippen molar-refractivity contribution in [3.05, 3.63) is 24.3 Å². The zero-order valence-electron chi connectivity index (χ0n) is 12.0. The van der Waals surface area contributed by atoms with Crippen LogP contribution < -0.4 is 15.0 Å². The minimum Gasteiger partial charge on any atom is -0.493 e. The van der Waals surface area contributed by atoms with Crippen LogP contribution in [0, 0.1) is 11.3 Å². The number of nitrogens with zero attached hydrogens (tertiary/aromatic N) is 2. The van der Waals surface area contributed by atoms with Gasteiger partial charge in [-0.25, -0.2) is 0 Å². The standard InChI is InChI=1S/C15H23N3O/c1-4-9-17-13(12-16)8-10-19-15-7-5-6-14(11-15)18(2)3/h5-7,11,13,17H,4,8-10H2,1-3H3. The van der Waals surface area contributed by atoms with Crippen molar-refractivity contribution in [2.75, 3.05) is 32.1 Å². The number of nitriles is 1. The van der Waals surface area contributed by atoms with Crippen LogP contribution >= 0.6 is 0 Å².